The number of nitrogens with two attached hydrogens (primary N) is 1. The van der Waals surface area contributed by atoms with Gasteiger partial charge in [0.2, 0.25) is 0 Å². The summed E-state index contributed by atoms with van der Waals surface area (Å²) in [5.74, 6) is 1.93. The smallest absolute Gasteiger partial charge is 0.0887 e. The molecule has 2 rings (SSSR count). The van der Waals surface area contributed by atoms with E-state index >= 15 is 0 Å². The average molecular weight is 272 g/mol. The maximum Gasteiger partial charge on any atom is 0.0887 e. The highest BCUT2D eigenvalue weighted by atomic mass is 35.5. The van der Waals surface area contributed by atoms with E-state index in [1.807, 2.05) is 24.3 Å². The van der Waals surface area contributed by atoms with E-state index < -0.39 is 5.60 Å². The number of halogens is 1. The highest BCUT2D eigenvalue weighted by Crippen LogP contribution is 2.41. The third-order valence-corrected chi connectivity index (χ3v) is 4.85. The third kappa shape index (κ3) is 3.38. The third-order valence-electron chi connectivity index (χ3n) is 3.26. The van der Waals surface area contributed by atoms with Crippen molar-refractivity contribution < 1.29 is 5.11 Å². The lowest BCUT2D eigenvalue weighted by atomic mass is 10.0. The maximum atomic E-state index is 10.3. The largest absolute Gasteiger partial charge is 0.387 e. The van der Waals surface area contributed by atoms with Gasteiger partial charge in [-0.3, -0.25) is 0 Å². The molecule has 0 aromatic heterocycles. The molecule has 1 aliphatic carbocycles. The minimum atomic E-state index is -0.675. The van der Waals surface area contributed by atoms with E-state index in [-0.39, 0.29) is 0 Å². The molecule has 1 aliphatic rings. The van der Waals surface area contributed by atoms with Gasteiger partial charge in [0.1, 0.15) is 0 Å². The standard InChI is InChI=1S/C13H18ClNOS/c14-12-4-2-1-3-10(12)7-17-9-13(16,8-15)11-5-6-11/h1-4,11,16H,5-9,15H2. The zero-order valence-electron chi connectivity index (χ0n) is 9.73. The first-order chi connectivity index (χ1) is 8.15. The van der Waals surface area contributed by atoms with Gasteiger partial charge >= 0.3 is 0 Å². The summed E-state index contributed by atoms with van der Waals surface area (Å²) in [7, 11) is 0. The average Bonchev–Trinajstić information content (AvgIpc) is 3.16. The Hall–Kier alpha value is -0.220. The topological polar surface area (TPSA) is 46.2 Å². The van der Waals surface area contributed by atoms with E-state index in [0.717, 1.165) is 29.2 Å². The predicted molar refractivity (Wildman–Crippen MR) is 74.3 cm³/mol. The number of hydrogen-bond donors (Lipinski definition) is 2. The summed E-state index contributed by atoms with van der Waals surface area (Å²) in [4.78, 5) is 0. The van der Waals surface area contributed by atoms with Crippen LogP contribution in [0.1, 0.15) is 18.4 Å². The molecule has 0 spiro atoms. The zero-order valence-corrected chi connectivity index (χ0v) is 11.3. The molecule has 1 atom stereocenters. The van der Waals surface area contributed by atoms with Crippen LogP contribution >= 0.6 is 23.4 Å². The quantitative estimate of drug-likeness (QED) is 0.836. The van der Waals surface area contributed by atoms with Gasteiger partial charge in [-0.25, -0.2) is 0 Å². The van der Waals surface area contributed by atoms with E-state index in [0.29, 0.717) is 18.2 Å². The Labute approximate surface area is 112 Å². The van der Waals surface area contributed by atoms with Crippen molar-refractivity contribution in [3.05, 3.63) is 34.9 Å². The minimum Gasteiger partial charge on any atom is -0.387 e. The Morgan fingerprint density at radius 1 is 1.41 bits per heavy atom. The number of benzene rings is 1. The summed E-state index contributed by atoms with van der Waals surface area (Å²) in [6.07, 6.45) is 2.22. The van der Waals surface area contributed by atoms with Gasteiger partial charge in [0.05, 0.1) is 5.60 Å². The van der Waals surface area contributed by atoms with Crippen molar-refractivity contribution in [2.24, 2.45) is 11.7 Å². The molecule has 4 heteroatoms. The number of hydrogen-bond acceptors (Lipinski definition) is 3. The molecule has 17 heavy (non-hydrogen) atoms. The summed E-state index contributed by atoms with van der Waals surface area (Å²) in [6.45, 7) is 0.354. The second kappa shape index (κ2) is 5.61. The normalized spacial score (nSPS) is 19.0. The lowest BCUT2D eigenvalue weighted by Crippen LogP contribution is -2.42. The Balaban J connectivity index is 1.85. The van der Waals surface area contributed by atoms with Crippen LogP contribution in [0.15, 0.2) is 24.3 Å². The number of thioether (sulfide) groups is 1. The van der Waals surface area contributed by atoms with Gasteiger partial charge in [-0.1, -0.05) is 29.8 Å². The highest BCUT2D eigenvalue weighted by Gasteiger charge is 2.42. The van der Waals surface area contributed by atoms with Gasteiger partial charge in [-0.15, -0.1) is 0 Å². The van der Waals surface area contributed by atoms with E-state index in [4.69, 9.17) is 17.3 Å². The molecule has 0 aliphatic heterocycles. The number of rotatable bonds is 6. The molecule has 0 amide bonds. The lowest BCUT2D eigenvalue weighted by molar-refractivity contribution is 0.0510. The van der Waals surface area contributed by atoms with Crippen LogP contribution in [0.25, 0.3) is 0 Å². The highest BCUT2D eigenvalue weighted by molar-refractivity contribution is 7.98. The lowest BCUT2D eigenvalue weighted by Gasteiger charge is -2.26. The molecule has 1 saturated carbocycles. The molecule has 3 N–H and O–H groups in total. The summed E-state index contributed by atoms with van der Waals surface area (Å²) >= 11 is 7.79. The summed E-state index contributed by atoms with van der Waals surface area (Å²) in [5, 5.41) is 11.1. The minimum absolute atomic E-state index is 0.354. The fourth-order valence-corrected chi connectivity index (χ4v) is 3.48. The van der Waals surface area contributed by atoms with Crippen LogP contribution in [0.4, 0.5) is 0 Å². The maximum absolute atomic E-state index is 10.3. The van der Waals surface area contributed by atoms with Crippen LogP contribution in [-0.4, -0.2) is 23.0 Å². The summed E-state index contributed by atoms with van der Waals surface area (Å²) in [5.41, 5.74) is 6.11. The zero-order chi connectivity index (χ0) is 12.3. The van der Waals surface area contributed by atoms with Gasteiger partial charge in [-0.05, 0) is 30.4 Å². The van der Waals surface area contributed by atoms with Gasteiger partial charge in [0.25, 0.3) is 0 Å². The monoisotopic (exact) mass is 271 g/mol. The molecule has 1 aromatic carbocycles. The fraction of sp³-hybridized carbons (Fsp3) is 0.538. The van der Waals surface area contributed by atoms with Crippen molar-refractivity contribution in [1.29, 1.82) is 0 Å². The van der Waals surface area contributed by atoms with Crippen molar-refractivity contribution in [3.63, 3.8) is 0 Å². The second-order valence-corrected chi connectivity index (χ2v) is 6.06. The van der Waals surface area contributed by atoms with Crippen LogP contribution in [0.2, 0.25) is 5.02 Å². The first-order valence-electron chi connectivity index (χ1n) is 5.89. The fourth-order valence-electron chi connectivity index (χ4n) is 1.92. The molecule has 2 nitrogen and oxygen atoms in total. The van der Waals surface area contributed by atoms with Crippen molar-refractivity contribution in [2.75, 3.05) is 12.3 Å². The van der Waals surface area contributed by atoms with Gasteiger partial charge in [0, 0.05) is 23.1 Å². The number of aliphatic hydroxyl groups is 1. The van der Waals surface area contributed by atoms with E-state index in [2.05, 4.69) is 0 Å². The molecular formula is C13H18ClNOS. The van der Waals surface area contributed by atoms with Crippen molar-refractivity contribution in [3.8, 4) is 0 Å². The second-order valence-electron chi connectivity index (χ2n) is 4.67. The van der Waals surface area contributed by atoms with Gasteiger partial charge in [-0.2, -0.15) is 11.8 Å². The SMILES string of the molecule is NCC(O)(CSCc1ccccc1Cl)C1CC1. The van der Waals surface area contributed by atoms with Crippen molar-refractivity contribution in [1.82, 2.24) is 0 Å². The molecule has 0 saturated heterocycles. The molecular weight excluding hydrogens is 254 g/mol. The molecule has 1 aromatic rings. The first-order valence-corrected chi connectivity index (χ1v) is 7.42. The van der Waals surface area contributed by atoms with E-state index in [9.17, 15) is 5.11 Å². The Kier molecular flexibility index (Phi) is 4.36. The molecule has 1 unspecified atom stereocenters. The van der Waals surface area contributed by atoms with Crippen LogP contribution in [0.3, 0.4) is 0 Å². The van der Waals surface area contributed by atoms with Crippen LogP contribution in [0.5, 0.6) is 0 Å². The predicted octanol–water partition coefficient (Wildman–Crippen LogP) is 2.67. The van der Waals surface area contributed by atoms with Crippen molar-refractivity contribution >= 4 is 23.4 Å². The van der Waals surface area contributed by atoms with Crippen LogP contribution in [-0.2, 0) is 5.75 Å². The van der Waals surface area contributed by atoms with Gasteiger partial charge in [0.15, 0.2) is 0 Å². The molecule has 0 heterocycles. The molecule has 1 fully saturated rings. The Morgan fingerprint density at radius 2 is 2.12 bits per heavy atom. The summed E-state index contributed by atoms with van der Waals surface area (Å²) < 4.78 is 0. The molecule has 94 valence electrons. The van der Waals surface area contributed by atoms with Gasteiger partial charge < -0.3 is 10.8 Å². The van der Waals surface area contributed by atoms with Crippen LogP contribution in [0, 0.1) is 5.92 Å². The summed E-state index contributed by atoms with van der Waals surface area (Å²) in [6, 6.07) is 7.83. The Morgan fingerprint density at radius 3 is 2.71 bits per heavy atom. The van der Waals surface area contributed by atoms with E-state index in [1.54, 1.807) is 11.8 Å². The van der Waals surface area contributed by atoms with E-state index in [1.165, 1.54) is 0 Å². The Bertz CT molecular complexity index is 383. The van der Waals surface area contributed by atoms with Crippen LogP contribution < -0.4 is 5.73 Å². The first kappa shape index (κ1) is 13.2. The molecule has 0 radical (unpaired) electrons. The molecule has 0 bridgehead atoms. The van der Waals surface area contributed by atoms with Crippen molar-refractivity contribution in [2.45, 2.75) is 24.2 Å².